The molecular formula is C53H43NS. The summed E-state index contributed by atoms with van der Waals surface area (Å²) in [6.07, 6.45) is 19.2. The van der Waals surface area contributed by atoms with Crippen LogP contribution in [0.15, 0.2) is 175 Å². The van der Waals surface area contributed by atoms with Gasteiger partial charge in [-0.3, -0.25) is 0 Å². The molecule has 1 aliphatic heterocycles. The van der Waals surface area contributed by atoms with Crippen LogP contribution in [0.4, 0.5) is 17.1 Å². The largest absolute Gasteiger partial charge is 0.310 e. The zero-order valence-electron chi connectivity index (χ0n) is 31.8. The summed E-state index contributed by atoms with van der Waals surface area (Å²) in [5, 5.41) is 0. The van der Waals surface area contributed by atoms with Crippen molar-refractivity contribution in [2.75, 3.05) is 4.90 Å². The summed E-state index contributed by atoms with van der Waals surface area (Å²) >= 11 is 2.05. The van der Waals surface area contributed by atoms with Crippen LogP contribution in [-0.2, 0) is 10.8 Å². The maximum atomic E-state index is 3.13. The standard InChI is InChI=1S/C53H43NS/c1-51(2)47-28-27-45-46-20-12-15-31-53(46,4)55-50(45)49(47)44-26-25-42(35-48(44)51)54(41-23-21-38(22-24-41)36-16-8-5-9-17-36)43-33-39(37-18-10-6-11-19-37)32-40(34-43)52(3)29-13-7-14-30-52/h6-8,10-29,31-35,46H,30H2,1-4H3/t46?,52-,53?/m1/s1. The van der Waals surface area contributed by atoms with Crippen molar-refractivity contribution in [2.45, 2.75) is 60.5 Å². The fourth-order valence-corrected chi connectivity index (χ4v) is 10.9. The Morgan fingerprint density at radius 1 is 0.636 bits per heavy atom. The van der Waals surface area contributed by atoms with Gasteiger partial charge in [-0.15, -0.1) is 11.8 Å². The minimum absolute atomic E-state index is 0.0411. The highest BCUT2D eigenvalue weighted by atomic mass is 32.2. The molecule has 0 bridgehead atoms. The van der Waals surface area contributed by atoms with E-state index in [0.717, 1.165) is 34.6 Å². The number of allylic oxidation sites excluding steroid dienone is 7. The summed E-state index contributed by atoms with van der Waals surface area (Å²) in [5.41, 5.74) is 16.2. The van der Waals surface area contributed by atoms with Gasteiger partial charge in [0, 0.05) is 43.5 Å². The Morgan fingerprint density at radius 2 is 1.44 bits per heavy atom. The molecule has 3 aliphatic carbocycles. The summed E-state index contributed by atoms with van der Waals surface area (Å²) in [6.45, 7) is 9.58. The van der Waals surface area contributed by atoms with Crippen molar-refractivity contribution in [2.24, 2.45) is 0 Å². The topological polar surface area (TPSA) is 3.24 Å². The third-order valence-corrected chi connectivity index (χ3v) is 14.0. The van der Waals surface area contributed by atoms with Gasteiger partial charge in [-0.25, -0.2) is 0 Å². The number of hydrogen-bond acceptors (Lipinski definition) is 2. The first kappa shape index (κ1) is 33.8. The van der Waals surface area contributed by atoms with E-state index >= 15 is 0 Å². The summed E-state index contributed by atoms with van der Waals surface area (Å²) in [7, 11) is 0. The van der Waals surface area contributed by atoms with Gasteiger partial charge in [0.05, 0.1) is 0 Å². The van der Waals surface area contributed by atoms with E-state index in [2.05, 4.69) is 203 Å². The second-order valence-electron chi connectivity index (χ2n) is 16.4. The zero-order valence-corrected chi connectivity index (χ0v) is 32.6. The van der Waals surface area contributed by atoms with Crippen molar-refractivity contribution in [3.63, 3.8) is 0 Å². The molecule has 3 atom stereocenters. The van der Waals surface area contributed by atoms with Crippen LogP contribution in [0.3, 0.4) is 0 Å². The maximum Gasteiger partial charge on any atom is 0.0470 e. The quantitative estimate of drug-likeness (QED) is 0.168. The highest BCUT2D eigenvalue weighted by molar-refractivity contribution is 8.01. The molecule has 0 N–H and O–H groups in total. The molecular weight excluding hydrogens is 683 g/mol. The van der Waals surface area contributed by atoms with Crippen LogP contribution in [0.1, 0.15) is 62.3 Å². The molecule has 0 saturated heterocycles. The summed E-state index contributed by atoms with van der Waals surface area (Å²) in [6, 6.07) is 51.3. The van der Waals surface area contributed by atoms with Crippen molar-refractivity contribution in [3.8, 4) is 33.4 Å². The monoisotopic (exact) mass is 725 g/mol. The average Bonchev–Trinajstić information content (AvgIpc) is 3.66. The molecule has 0 radical (unpaired) electrons. The predicted molar refractivity (Wildman–Crippen MR) is 233 cm³/mol. The Labute approximate surface area is 330 Å². The molecule has 2 unspecified atom stereocenters. The van der Waals surface area contributed by atoms with Gasteiger partial charge >= 0.3 is 0 Å². The minimum Gasteiger partial charge on any atom is -0.310 e. The van der Waals surface area contributed by atoms with Gasteiger partial charge in [-0.2, -0.15) is 0 Å². The third-order valence-electron chi connectivity index (χ3n) is 12.5. The van der Waals surface area contributed by atoms with Gasteiger partial charge in [0.2, 0.25) is 0 Å². The van der Waals surface area contributed by atoms with Crippen LogP contribution in [-0.4, -0.2) is 4.75 Å². The number of anilines is 3. The Hall–Kier alpha value is -5.75. The molecule has 2 heteroatoms. The summed E-state index contributed by atoms with van der Waals surface area (Å²) in [4.78, 5) is 3.92. The van der Waals surface area contributed by atoms with Gasteiger partial charge in [0.25, 0.3) is 0 Å². The molecule has 1 nitrogen and oxygen atoms in total. The van der Waals surface area contributed by atoms with Crippen LogP contribution >= 0.6 is 11.8 Å². The number of hydrogen-bond donors (Lipinski definition) is 0. The average molecular weight is 726 g/mol. The normalized spacial score (nSPS) is 22.1. The van der Waals surface area contributed by atoms with Gasteiger partial charge in [-0.1, -0.05) is 148 Å². The van der Waals surface area contributed by atoms with E-state index in [1.807, 2.05) is 23.9 Å². The summed E-state index contributed by atoms with van der Waals surface area (Å²) in [5.74, 6) is 0.391. The molecule has 0 fully saturated rings. The highest BCUT2D eigenvalue weighted by Gasteiger charge is 2.46. The van der Waals surface area contributed by atoms with Crippen molar-refractivity contribution in [1.82, 2.24) is 0 Å². The molecule has 6 aromatic carbocycles. The van der Waals surface area contributed by atoms with E-state index in [0.29, 0.717) is 5.92 Å². The Morgan fingerprint density at radius 3 is 2.22 bits per heavy atom. The van der Waals surface area contributed by atoms with Gasteiger partial charge in [0.15, 0.2) is 0 Å². The smallest absolute Gasteiger partial charge is 0.0470 e. The van der Waals surface area contributed by atoms with E-state index in [1.54, 1.807) is 0 Å². The molecule has 1 heterocycles. The highest BCUT2D eigenvalue weighted by Crippen LogP contribution is 2.63. The lowest BCUT2D eigenvalue weighted by Gasteiger charge is -2.32. The molecule has 0 amide bonds. The predicted octanol–water partition coefficient (Wildman–Crippen LogP) is 14.2. The van der Waals surface area contributed by atoms with Crippen molar-refractivity contribution >= 4 is 28.8 Å². The van der Waals surface area contributed by atoms with Crippen LogP contribution in [0.25, 0.3) is 33.4 Å². The van der Waals surface area contributed by atoms with E-state index in [9.17, 15) is 0 Å². The molecule has 4 aliphatic rings. The molecule has 0 spiro atoms. The van der Waals surface area contributed by atoms with Crippen molar-refractivity contribution in [3.05, 3.63) is 204 Å². The lowest BCUT2D eigenvalue weighted by molar-refractivity contribution is 0.600. The Kier molecular flexibility index (Phi) is 7.78. The number of benzene rings is 5. The third kappa shape index (κ3) is 5.48. The van der Waals surface area contributed by atoms with Crippen LogP contribution in [0, 0.1) is 12.1 Å². The molecule has 6 aromatic rings. The first-order valence-corrected chi connectivity index (χ1v) is 20.2. The molecule has 10 rings (SSSR count). The second-order valence-corrected chi connectivity index (χ2v) is 17.9. The first-order valence-electron chi connectivity index (χ1n) is 19.4. The van der Waals surface area contributed by atoms with E-state index < -0.39 is 0 Å². The summed E-state index contributed by atoms with van der Waals surface area (Å²) < 4.78 is 0.0411. The fourth-order valence-electron chi connectivity index (χ4n) is 9.33. The number of fused-ring (bicyclic) bond motifs is 7. The van der Waals surface area contributed by atoms with Crippen LogP contribution in [0.5, 0.6) is 0 Å². The van der Waals surface area contributed by atoms with Gasteiger partial charge in [-0.05, 0) is 124 Å². The number of rotatable bonds is 6. The zero-order chi connectivity index (χ0) is 37.4. The van der Waals surface area contributed by atoms with Crippen molar-refractivity contribution < 1.29 is 0 Å². The van der Waals surface area contributed by atoms with Crippen LogP contribution in [0.2, 0.25) is 0 Å². The van der Waals surface area contributed by atoms with E-state index in [4.69, 9.17) is 0 Å². The first-order chi connectivity index (χ1) is 26.7. The fraction of sp³-hybridized carbons (Fsp3) is 0.170. The SMILES string of the molecule is CC1(C)c2cc(N(c3ccc(-c4cc#ccc4)cc3)c3cc(-c4ccccc4)cc([C@]4(C)C=CC=CC4)c3)ccc2-c2c1ccc1c2SC2(C)C=CC=CC12. The lowest BCUT2D eigenvalue weighted by atomic mass is 9.76. The van der Waals surface area contributed by atoms with Crippen molar-refractivity contribution in [1.29, 1.82) is 0 Å². The maximum absolute atomic E-state index is 3.13. The number of nitrogens with zero attached hydrogens (tertiary/aromatic N) is 1. The lowest BCUT2D eigenvalue weighted by Crippen LogP contribution is -2.22. The molecule has 266 valence electrons. The van der Waals surface area contributed by atoms with E-state index in [-0.39, 0.29) is 15.6 Å². The number of thioether (sulfide) groups is 1. The van der Waals surface area contributed by atoms with Crippen LogP contribution < -0.4 is 4.90 Å². The van der Waals surface area contributed by atoms with Gasteiger partial charge < -0.3 is 4.90 Å². The second kappa shape index (κ2) is 12.7. The Bertz CT molecular complexity index is 2590. The molecule has 55 heavy (non-hydrogen) atoms. The molecule has 0 saturated carbocycles. The Balaban J connectivity index is 1.16. The minimum atomic E-state index is -0.156. The van der Waals surface area contributed by atoms with E-state index in [1.165, 1.54) is 49.4 Å². The van der Waals surface area contributed by atoms with Gasteiger partial charge in [0.1, 0.15) is 0 Å². The molecule has 0 aromatic heterocycles.